The molecule has 1 amide bonds. The first-order valence-corrected chi connectivity index (χ1v) is 11.5. The van der Waals surface area contributed by atoms with Gasteiger partial charge in [-0.3, -0.25) is 9.36 Å². The van der Waals surface area contributed by atoms with Gasteiger partial charge in [0.25, 0.3) is 5.78 Å². The third kappa shape index (κ3) is 6.27. The number of aryl methyl sites for hydroxylation is 1. The standard InChI is InChI=1S/C25H25F3N4O5/c1-16-2-3-19(29-24(35)32-5-4-17(15-32)23(34)25(26,27)28)14-20(16)18-12-21(31-6-9-36-10-7-31)30-22(13-18)37-11-8-33/h2-5,12-15,33H,6-11H2,1H3,(H,29,35). The number of amides is 1. The Morgan fingerprint density at radius 1 is 1.16 bits per heavy atom. The topological polar surface area (TPSA) is 106 Å². The minimum atomic E-state index is -5.03. The Morgan fingerprint density at radius 2 is 1.92 bits per heavy atom. The van der Waals surface area contributed by atoms with Crippen molar-refractivity contribution in [3.63, 3.8) is 0 Å². The van der Waals surface area contributed by atoms with Gasteiger partial charge in [0.15, 0.2) is 0 Å². The number of hydrogen-bond acceptors (Lipinski definition) is 7. The molecule has 2 aromatic heterocycles. The molecule has 196 valence electrons. The van der Waals surface area contributed by atoms with Crippen LogP contribution in [0.1, 0.15) is 15.9 Å². The van der Waals surface area contributed by atoms with Gasteiger partial charge in [0.1, 0.15) is 12.4 Å². The van der Waals surface area contributed by atoms with E-state index >= 15 is 0 Å². The highest BCUT2D eigenvalue weighted by atomic mass is 19.4. The molecule has 1 aromatic carbocycles. The average Bonchev–Trinajstić information content (AvgIpc) is 3.38. The van der Waals surface area contributed by atoms with Crippen LogP contribution in [0.2, 0.25) is 0 Å². The highest BCUT2D eigenvalue weighted by Crippen LogP contribution is 2.32. The monoisotopic (exact) mass is 518 g/mol. The first-order valence-electron chi connectivity index (χ1n) is 11.5. The number of aliphatic hydroxyl groups excluding tert-OH is 1. The number of nitrogens with zero attached hydrogens (tertiary/aromatic N) is 3. The summed E-state index contributed by atoms with van der Waals surface area (Å²) in [7, 11) is 0. The minimum Gasteiger partial charge on any atom is -0.475 e. The Morgan fingerprint density at radius 3 is 2.62 bits per heavy atom. The number of rotatable bonds is 7. The van der Waals surface area contributed by atoms with Crippen molar-refractivity contribution >= 4 is 23.3 Å². The average molecular weight is 518 g/mol. The predicted molar refractivity (Wildman–Crippen MR) is 129 cm³/mol. The smallest absolute Gasteiger partial charge is 0.454 e. The van der Waals surface area contributed by atoms with Gasteiger partial charge < -0.3 is 24.8 Å². The van der Waals surface area contributed by atoms with E-state index in [1.165, 1.54) is 0 Å². The van der Waals surface area contributed by atoms with Gasteiger partial charge in [-0.25, -0.2) is 4.79 Å². The maximum atomic E-state index is 12.7. The fourth-order valence-electron chi connectivity index (χ4n) is 3.84. The summed E-state index contributed by atoms with van der Waals surface area (Å²) in [5.41, 5.74) is 2.19. The number of morpholine rings is 1. The molecule has 3 heterocycles. The van der Waals surface area contributed by atoms with Crippen molar-refractivity contribution < 1.29 is 37.3 Å². The quantitative estimate of drug-likeness (QED) is 0.457. The van der Waals surface area contributed by atoms with Gasteiger partial charge in [0, 0.05) is 42.8 Å². The summed E-state index contributed by atoms with van der Waals surface area (Å²) >= 11 is 0. The number of aromatic nitrogens is 2. The second-order valence-electron chi connectivity index (χ2n) is 8.32. The van der Waals surface area contributed by atoms with E-state index in [1.807, 2.05) is 13.0 Å². The molecule has 4 rings (SSSR count). The van der Waals surface area contributed by atoms with E-state index in [-0.39, 0.29) is 13.2 Å². The lowest BCUT2D eigenvalue weighted by molar-refractivity contribution is -0.0885. The zero-order chi connectivity index (χ0) is 26.6. The maximum absolute atomic E-state index is 12.7. The third-order valence-corrected chi connectivity index (χ3v) is 5.71. The fraction of sp³-hybridized carbons (Fsp3) is 0.320. The van der Waals surface area contributed by atoms with Gasteiger partial charge in [-0.15, -0.1) is 0 Å². The minimum absolute atomic E-state index is 0.0732. The van der Waals surface area contributed by atoms with E-state index in [2.05, 4.69) is 15.2 Å². The fourth-order valence-corrected chi connectivity index (χ4v) is 3.84. The van der Waals surface area contributed by atoms with Gasteiger partial charge in [-0.2, -0.15) is 18.2 Å². The van der Waals surface area contributed by atoms with Gasteiger partial charge >= 0.3 is 12.2 Å². The summed E-state index contributed by atoms with van der Waals surface area (Å²) in [5, 5.41) is 11.8. The van der Waals surface area contributed by atoms with Crippen LogP contribution in [0.5, 0.6) is 5.88 Å². The van der Waals surface area contributed by atoms with E-state index in [4.69, 9.17) is 14.6 Å². The SMILES string of the molecule is Cc1ccc(NC(=O)n2ccc(C(=O)C(F)(F)F)c2)cc1-c1cc(OCCO)nc(N2CCOCC2)c1. The predicted octanol–water partition coefficient (Wildman–Crippen LogP) is 3.89. The van der Waals surface area contributed by atoms with Crippen LogP contribution in [0, 0.1) is 6.92 Å². The zero-order valence-electron chi connectivity index (χ0n) is 19.9. The summed E-state index contributed by atoms with van der Waals surface area (Å²) < 4.78 is 49.9. The Hall–Kier alpha value is -3.90. The van der Waals surface area contributed by atoms with Gasteiger partial charge in [0.05, 0.1) is 19.8 Å². The molecule has 2 N–H and O–H groups in total. The number of halogens is 3. The van der Waals surface area contributed by atoms with E-state index in [1.54, 1.807) is 24.3 Å². The second kappa shape index (κ2) is 11.0. The number of alkyl halides is 3. The molecule has 3 aromatic rings. The number of pyridine rings is 1. The highest BCUT2D eigenvalue weighted by Gasteiger charge is 2.39. The molecule has 0 aliphatic carbocycles. The van der Waals surface area contributed by atoms with Gasteiger partial charge in [-0.05, 0) is 47.9 Å². The van der Waals surface area contributed by atoms with E-state index in [0.29, 0.717) is 43.7 Å². The Balaban J connectivity index is 1.61. The molecule has 1 saturated heterocycles. The first kappa shape index (κ1) is 26.2. The number of carbonyl (C=O) groups excluding carboxylic acids is 2. The number of aliphatic hydroxyl groups is 1. The largest absolute Gasteiger partial charge is 0.475 e. The van der Waals surface area contributed by atoms with Crippen LogP contribution in [0.15, 0.2) is 48.8 Å². The van der Waals surface area contributed by atoms with E-state index < -0.39 is 23.6 Å². The molecule has 0 radical (unpaired) electrons. The first-order chi connectivity index (χ1) is 17.7. The molecule has 1 aliphatic heterocycles. The molecule has 37 heavy (non-hydrogen) atoms. The van der Waals surface area contributed by atoms with Crippen molar-refractivity contribution in [2.45, 2.75) is 13.1 Å². The van der Waals surface area contributed by atoms with Crippen LogP contribution in [0.3, 0.4) is 0 Å². The molecule has 9 nitrogen and oxygen atoms in total. The summed E-state index contributed by atoms with van der Waals surface area (Å²) in [4.78, 5) is 30.7. The number of benzene rings is 1. The zero-order valence-corrected chi connectivity index (χ0v) is 19.9. The van der Waals surface area contributed by atoms with Crippen molar-refractivity contribution in [1.82, 2.24) is 9.55 Å². The molecule has 1 fully saturated rings. The molecule has 0 saturated carbocycles. The van der Waals surface area contributed by atoms with Crippen LogP contribution >= 0.6 is 0 Å². The van der Waals surface area contributed by atoms with Crippen molar-refractivity contribution in [2.75, 3.05) is 49.7 Å². The van der Waals surface area contributed by atoms with Crippen LogP contribution in [-0.2, 0) is 4.74 Å². The summed E-state index contributed by atoms with van der Waals surface area (Å²) in [6.07, 6.45) is -3.10. The Bertz CT molecular complexity index is 1290. The molecule has 0 unspecified atom stereocenters. The van der Waals surface area contributed by atoms with Crippen molar-refractivity contribution in [1.29, 1.82) is 0 Å². The number of hydrogen-bond donors (Lipinski definition) is 2. The normalized spacial score (nSPS) is 13.9. The third-order valence-electron chi connectivity index (χ3n) is 5.71. The number of ketones is 1. The lowest BCUT2D eigenvalue weighted by atomic mass is 10.0. The number of carbonyl (C=O) groups is 2. The molecule has 1 aliphatic rings. The number of Topliss-reactive ketones (excluding diaryl/α,β-unsaturated/α-hetero) is 1. The van der Waals surface area contributed by atoms with Crippen molar-refractivity contribution in [2.24, 2.45) is 0 Å². The molecule has 0 atom stereocenters. The van der Waals surface area contributed by atoms with Crippen LogP contribution < -0.4 is 15.0 Å². The van der Waals surface area contributed by atoms with E-state index in [0.717, 1.165) is 39.7 Å². The number of anilines is 2. The lowest BCUT2D eigenvalue weighted by Crippen LogP contribution is -2.36. The molecular formula is C25H25F3N4O5. The van der Waals surface area contributed by atoms with Gasteiger partial charge in [0.2, 0.25) is 5.88 Å². The number of nitrogens with one attached hydrogen (secondary N) is 1. The van der Waals surface area contributed by atoms with E-state index in [9.17, 15) is 22.8 Å². The molecular weight excluding hydrogens is 493 g/mol. The summed E-state index contributed by atoms with van der Waals surface area (Å²) in [6, 6.07) is 9.02. The van der Waals surface area contributed by atoms with Crippen LogP contribution in [-0.4, -0.2) is 72.2 Å². The maximum Gasteiger partial charge on any atom is 0.454 e. The van der Waals surface area contributed by atoms with Gasteiger partial charge in [-0.1, -0.05) is 6.07 Å². The second-order valence-corrected chi connectivity index (χ2v) is 8.32. The number of ether oxygens (including phenoxy) is 2. The Kier molecular flexibility index (Phi) is 7.79. The lowest BCUT2D eigenvalue weighted by Gasteiger charge is -2.28. The summed E-state index contributed by atoms with van der Waals surface area (Å²) in [5.74, 6) is -1.02. The van der Waals surface area contributed by atoms with Crippen LogP contribution in [0.25, 0.3) is 11.1 Å². The molecule has 0 bridgehead atoms. The van der Waals surface area contributed by atoms with Crippen LogP contribution in [0.4, 0.5) is 29.5 Å². The Labute approximate surface area is 210 Å². The highest BCUT2D eigenvalue weighted by molar-refractivity contribution is 6.01. The van der Waals surface area contributed by atoms with Crippen molar-refractivity contribution in [3.05, 3.63) is 59.9 Å². The molecule has 12 heteroatoms. The molecule has 0 spiro atoms. The summed E-state index contributed by atoms with van der Waals surface area (Å²) in [6.45, 7) is 4.23. The van der Waals surface area contributed by atoms with Crippen molar-refractivity contribution in [3.8, 4) is 17.0 Å².